The zero-order chi connectivity index (χ0) is 16.9. The van der Waals surface area contributed by atoms with E-state index in [4.69, 9.17) is 4.74 Å². The highest BCUT2D eigenvalue weighted by atomic mass is 32.2. The standard InChI is InChI=1S/C16H25NO4S/c1-11-6-8-13(9-7-11)22(20)10-14(18)12(2)17-15(19)21-16(3,4)5/h6-9,12,14,18H,10H2,1-5H3,(H,17,19)/t12-,14+,22?/m1/s1. The van der Waals surface area contributed by atoms with E-state index >= 15 is 0 Å². The summed E-state index contributed by atoms with van der Waals surface area (Å²) < 4.78 is 17.3. The van der Waals surface area contributed by atoms with Gasteiger partial charge in [-0.3, -0.25) is 4.21 Å². The fourth-order valence-electron chi connectivity index (χ4n) is 1.68. The van der Waals surface area contributed by atoms with Crippen molar-refractivity contribution in [1.82, 2.24) is 5.32 Å². The van der Waals surface area contributed by atoms with Crippen LogP contribution in [0.1, 0.15) is 33.3 Å². The van der Waals surface area contributed by atoms with Crippen molar-refractivity contribution < 1.29 is 18.8 Å². The summed E-state index contributed by atoms with van der Waals surface area (Å²) in [6.07, 6.45) is -1.52. The van der Waals surface area contributed by atoms with Gasteiger partial charge in [0.15, 0.2) is 0 Å². The Morgan fingerprint density at radius 1 is 1.32 bits per heavy atom. The lowest BCUT2D eigenvalue weighted by Crippen LogP contribution is -2.45. The van der Waals surface area contributed by atoms with Gasteiger partial charge in [-0.05, 0) is 46.8 Å². The molecule has 3 atom stereocenters. The van der Waals surface area contributed by atoms with Gasteiger partial charge >= 0.3 is 6.09 Å². The molecule has 0 saturated heterocycles. The summed E-state index contributed by atoms with van der Waals surface area (Å²) in [6, 6.07) is 6.77. The first-order valence-electron chi connectivity index (χ1n) is 7.21. The number of carbonyl (C=O) groups is 1. The molecule has 0 spiro atoms. The van der Waals surface area contributed by atoms with Gasteiger partial charge in [-0.25, -0.2) is 4.79 Å². The number of benzene rings is 1. The molecular formula is C16H25NO4S. The van der Waals surface area contributed by atoms with Crippen LogP contribution >= 0.6 is 0 Å². The van der Waals surface area contributed by atoms with Crippen LogP contribution in [0.4, 0.5) is 4.79 Å². The van der Waals surface area contributed by atoms with Crippen LogP contribution in [0.5, 0.6) is 0 Å². The molecule has 0 aliphatic carbocycles. The Labute approximate surface area is 134 Å². The van der Waals surface area contributed by atoms with Crippen molar-refractivity contribution in [1.29, 1.82) is 0 Å². The van der Waals surface area contributed by atoms with Crippen molar-refractivity contribution in [2.75, 3.05) is 5.75 Å². The number of aryl methyl sites for hydroxylation is 1. The Bertz CT molecular complexity index is 522. The van der Waals surface area contributed by atoms with Crippen molar-refractivity contribution in [2.24, 2.45) is 0 Å². The molecule has 1 amide bonds. The molecule has 0 saturated carbocycles. The van der Waals surface area contributed by atoms with Crippen molar-refractivity contribution in [3.05, 3.63) is 29.8 Å². The summed E-state index contributed by atoms with van der Waals surface area (Å²) >= 11 is 0. The van der Waals surface area contributed by atoms with E-state index in [0.29, 0.717) is 4.90 Å². The van der Waals surface area contributed by atoms with Crippen LogP contribution in [-0.2, 0) is 15.5 Å². The molecule has 0 aromatic heterocycles. The van der Waals surface area contributed by atoms with Gasteiger partial charge in [0.25, 0.3) is 0 Å². The number of aliphatic hydroxyl groups excluding tert-OH is 1. The number of alkyl carbamates (subject to hydrolysis) is 1. The van der Waals surface area contributed by atoms with Crippen molar-refractivity contribution in [3.8, 4) is 0 Å². The molecule has 2 N–H and O–H groups in total. The Kier molecular flexibility index (Phi) is 6.56. The van der Waals surface area contributed by atoms with Gasteiger partial charge in [0.2, 0.25) is 0 Å². The molecule has 0 heterocycles. The number of rotatable bonds is 5. The summed E-state index contributed by atoms with van der Waals surface area (Å²) in [4.78, 5) is 12.3. The topological polar surface area (TPSA) is 75.6 Å². The molecule has 1 unspecified atom stereocenters. The quantitative estimate of drug-likeness (QED) is 0.870. The Hall–Kier alpha value is -1.40. The number of hydrogen-bond donors (Lipinski definition) is 2. The Morgan fingerprint density at radius 2 is 1.86 bits per heavy atom. The maximum Gasteiger partial charge on any atom is 0.407 e. The maximum atomic E-state index is 12.2. The van der Waals surface area contributed by atoms with Crippen molar-refractivity contribution in [2.45, 2.75) is 57.3 Å². The van der Waals surface area contributed by atoms with Gasteiger partial charge in [0.05, 0.1) is 28.7 Å². The van der Waals surface area contributed by atoms with E-state index < -0.39 is 34.6 Å². The first-order chi connectivity index (χ1) is 10.1. The molecule has 0 aliphatic rings. The predicted octanol–water partition coefficient (Wildman–Crippen LogP) is 2.38. The largest absolute Gasteiger partial charge is 0.444 e. The van der Waals surface area contributed by atoms with E-state index in [1.165, 1.54) is 0 Å². The third-order valence-corrected chi connectivity index (χ3v) is 4.37. The van der Waals surface area contributed by atoms with Crippen molar-refractivity contribution >= 4 is 16.9 Å². The SMILES string of the molecule is Cc1ccc(S(=O)C[C@H](O)[C@@H](C)NC(=O)OC(C)(C)C)cc1. The summed E-state index contributed by atoms with van der Waals surface area (Å²) in [6.45, 7) is 8.90. The van der Waals surface area contributed by atoms with Crippen molar-refractivity contribution in [3.63, 3.8) is 0 Å². The monoisotopic (exact) mass is 327 g/mol. The number of aliphatic hydroxyl groups is 1. The number of nitrogens with one attached hydrogen (secondary N) is 1. The van der Waals surface area contributed by atoms with Gasteiger partial charge in [0, 0.05) is 4.90 Å². The molecule has 1 rings (SSSR count). The fraction of sp³-hybridized carbons (Fsp3) is 0.562. The first kappa shape index (κ1) is 18.6. The molecule has 5 nitrogen and oxygen atoms in total. The second kappa shape index (κ2) is 7.74. The van der Waals surface area contributed by atoms with Crippen LogP contribution in [0.25, 0.3) is 0 Å². The lowest BCUT2D eigenvalue weighted by molar-refractivity contribution is 0.0452. The number of amides is 1. The molecule has 1 aromatic carbocycles. The molecule has 6 heteroatoms. The average molecular weight is 327 g/mol. The minimum atomic E-state index is -1.32. The normalized spacial score (nSPS) is 15.7. The summed E-state index contributed by atoms with van der Waals surface area (Å²) in [5.41, 5.74) is 0.487. The highest BCUT2D eigenvalue weighted by Gasteiger charge is 2.23. The Morgan fingerprint density at radius 3 is 2.36 bits per heavy atom. The molecule has 0 aliphatic heterocycles. The van der Waals surface area contributed by atoms with Crippen LogP contribution in [0, 0.1) is 6.92 Å². The molecule has 1 aromatic rings. The smallest absolute Gasteiger partial charge is 0.407 e. The second-order valence-corrected chi connectivity index (χ2v) is 7.82. The molecule has 0 bridgehead atoms. The Balaban J connectivity index is 2.53. The van der Waals surface area contributed by atoms with Crippen LogP contribution in [0.3, 0.4) is 0 Å². The van der Waals surface area contributed by atoms with Crippen LogP contribution in [0.15, 0.2) is 29.2 Å². The van der Waals surface area contributed by atoms with Gasteiger partial charge in [-0.15, -0.1) is 0 Å². The summed E-state index contributed by atoms with van der Waals surface area (Å²) in [7, 11) is -1.32. The van der Waals surface area contributed by atoms with E-state index in [2.05, 4.69) is 5.32 Å². The predicted molar refractivity (Wildman–Crippen MR) is 87.3 cm³/mol. The first-order valence-corrected chi connectivity index (χ1v) is 8.53. The second-order valence-electron chi connectivity index (χ2n) is 6.33. The van der Waals surface area contributed by atoms with E-state index in [1.54, 1.807) is 39.8 Å². The average Bonchev–Trinajstić information content (AvgIpc) is 2.36. The van der Waals surface area contributed by atoms with Crippen LogP contribution < -0.4 is 5.32 Å². The summed E-state index contributed by atoms with van der Waals surface area (Å²) in [5.74, 6) is 0.0556. The van der Waals surface area contributed by atoms with Gasteiger partial charge in [0.1, 0.15) is 5.60 Å². The lowest BCUT2D eigenvalue weighted by atomic mass is 10.2. The van der Waals surface area contributed by atoms with E-state index in [1.807, 2.05) is 19.1 Å². The van der Waals surface area contributed by atoms with Gasteiger partial charge in [-0.1, -0.05) is 17.7 Å². The van der Waals surface area contributed by atoms with Gasteiger partial charge in [-0.2, -0.15) is 0 Å². The highest BCUT2D eigenvalue weighted by molar-refractivity contribution is 7.85. The van der Waals surface area contributed by atoms with E-state index in [-0.39, 0.29) is 5.75 Å². The highest BCUT2D eigenvalue weighted by Crippen LogP contribution is 2.11. The zero-order valence-corrected chi connectivity index (χ0v) is 14.6. The summed E-state index contributed by atoms with van der Waals surface area (Å²) in [5, 5.41) is 12.6. The maximum absolute atomic E-state index is 12.2. The molecule has 124 valence electrons. The zero-order valence-electron chi connectivity index (χ0n) is 13.8. The lowest BCUT2D eigenvalue weighted by Gasteiger charge is -2.24. The third-order valence-electron chi connectivity index (χ3n) is 2.93. The molecular weight excluding hydrogens is 302 g/mol. The number of hydrogen-bond acceptors (Lipinski definition) is 4. The number of ether oxygens (including phenoxy) is 1. The van der Waals surface area contributed by atoms with E-state index in [0.717, 1.165) is 5.56 Å². The molecule has 22 heavy (non-hydrogen) atoms. The minimum absolute atomic E-state index is 0.0556. The van der Waals surface area contributed by atoms with Gasteiger partial charge < -0.3 is 15.2 Å². The van der Waals surface area contributed by atoms with E-state index in [9.17, 15) is 14.1 Å². The third kappa shape index (κ3) is 6.58. The molecule has 0 fully saturated rings. The molecule has 0 radical (unpaired) electrons. The number of carbonyl (C=O) groups excluding carboxylic acids is 1. The van der Waals surface area contributed by atoms with Crippen LogP contribution in [0.2, 0.25) is 0 Å². The fourth-order valence-corrected chi connectivity index (χ4v) is 2.91. The van der Waals surface area contributed by atoms with Crippen LogP contribution in [-0.4, -0.2) is 38.9 Å². The minimum Gasteiger partial charge on any atom is -0.444 e.